The van der Waals surface area contributed by atoms with E-state index in [4.69, 9.17) is 4.98 Å². The number of hydrogen-bond acceptors (Lipinski definition) is 1. The highest BCUT2D eigenvalue weighted by Gasteiger charge is 2.18. The van der Waals surface area contributed by atoms with Crippen molar-refractivity contribution in [1.82, 2.24) is 4.98 Å². The van der Waals surface area contributed by atoms with Crippen molar-refractivity contribution in [2.45, 2.75) is 0 Å². The third-order valence-electron chi connectivity index (χ3n) is 10.2. The topological polar surface area (TPSA) is 12.9 Å². The molecule has 232 valence electrons. The molecule has 10 rings (SSSR count). The molecule has 0 bridgehead atoms. The van der Waals surface area contributed by atoms with E-state index in [-0.39, 0.29) is 0 Å². The van der Waals surface area contributed by atoms with Gasteiger partial charge in [-0.2, -0.15) is 0 Å². The van der Waals surface area contributed by atoms with Gasteiger partial charge in [-0.3, -0.25) is 0 Å². The second kappa shape index (κ2) is 11.5. The minimum Gasteiger partial charge on any atom is -0.248 e. The second-order valence-electron chi connectivity index (χ2n) is 13.1. The van der Waals surface area contributed by atoms with Crippen LogP contribution >= 0.6 is 0 Å². The fourth-order valence-electron chi connectivity index (χ4n) is 7.93. The van der Waals surface area contributed by atoms with E-state index in [0.717, 1.165) is 16.8 Å². The standard InChI is InChI=1S/C49H31N/c1-2-15-34(16-3-1)46-31-44(49-39-20-7-6-14-33(39)27-28-45(49)50-46)36-18-12-19-37(30-36)47-40-21-8-10-23-42(40)48(43-24-11-9-22-41(43)47)38-26-25-32-13-4-5-17-35(32)29-38/h1-31H. The predicted molar refractivity (Wildman–Crippen MR) is 214 cm³/mol. The van der Waals surface area contributed by atoms with Gasteiger partial charge in [0.25, 0.3) is 0 Å². The lowest BCUT2D eigenvalue weighted by Gasteiger charge is -2.19. The van der Waals surface area contributed by atoms with Gasteiger partial charge in [-0.25, -0.2) is 4.98 Å². The van der Waals surface area contributed by atoms with Gasteiger partial charge in [0, 0.05) is 10.9 Å². The normalized spacial score (nSPS) is 11.6. The summed E-state index contributed by atoms with van der Waals surface area (Å²) in [6.45, 7) is 0. The quantitative estimate of drug-likeness (QED) is 0.139. The Morgan fingerprint density at radius 3 is 1.52 bits per heavy atom. The zero-order valence-corrected chi connectivity index (χ0v) is 27.3. The Labute approximate surface area is 290 Å². The summed E-state index contributed by atoms with van der Waals surface area (Å²) in [4.78, 5) is 5.20. The number of aromatic nitrogens is 1. The molecule has 0 aliphatic carbocycles. The molecule has 50 heavy (non-hydrogen) atoms. The lowest BCUT2D eigenvalue weighted by atomic mass is 9.85. The van der Waals surface area contributed by atoms with Gasteiger partial charge in [0.05, 0.1) is 11.2 Å². The van der Waals surface area contributed by atoms with Gasteiger partial charge >= 0.3 is 0 Å². The molecule has 1 aromatic heterocycles. The number of rotatable bonds is 4. The molecule has 1 nitrogen and oxygen atoms in total. The van der Waals surface area contributed by atoms with Gasteiger partial charge in [0.15, 0.2) is 0 Å². The SMILES string of the molecule is c1ccc(-c2cc(-c3cccc(-c4c5ccccc5c(-c5ccc6ccccc6c5)c5ccccc45)c3)c3c(ccc4ccccc43)n2)cc1. The van der Waals surface area contributed by atoms with Crippen LogP contribution < -0.4 is 0 Å². The summed E-state index contributed by atoms with van der Waals surface area (Å²) in [7, 11) is 0. The minimum atomic E-state index is 0.976. The van der Waals surface area contributed by atoms with Gasteiger partial charge in [0.1, 0.15) is 0 Å². The van der Waals surface area contributed by atoms with Crippen molar-refractivity contribution >= 4 is 54.0 Å². The first-order valence-corrected chi connectivity index (χ1v) is 17.2. The third-order valence-corrected chi connectivity index (χ3v) is 10.2. The van der Waals surface area contributed by atoms with E-state index in [0.29, 0.717) is 0 Å². The Hall–Kier alpha value is -6.57. The van der Waals surface area contributed by atoms with Crippen LogP contribution in [0.3, 0.4) is 0 Å². The Morgan fingerprint density at radius 1 is 0.300 bits per heavy atom. The van der Waals surface area contributed by atoms with Crippen LogP contribution in [0.5, 0.6) is 0 Å². The lowest BCUT2D eigenvalue weighted by Crippen LogP contribution is -1.93. The van der Waals surface area contributed by atoms with Gasteiger partial charge < -0.3 is 0 Å². The molecule has 0 spiro atoms. The maximum Gasteiger partial charge on any atom is 0.0722 e. The number of nitrogens with zero attached hydrogens (tertiary/aromatic N) is 1. The Kier molecular flexibility index (Phi) is 6.57. The maximum atomic E-state index is 5.20. The first-order chi connectivity index (χ1) is 24.8. The monoisotopic (exact) mass is 633 g/mol. The van der Waals surface area contributed by atoms with Crippen LogP contribution in [0.25, 0.3) is 98.6 Å². The molecule has 0 radical (unpaired) electrons. The van der Waals surface area contributed by atoms with Crippen molar-refractivity contribution in [2.75, 3.05) is 0 Å². The molecule has 0 N–H and O–H groups in total. The average Bonchev–Trinajstić information content (AvgIpc) is 3.19. The summed E-state index contributed by atoms with van der Waals surface area (Å²) < 4.78 is 0. The van der Waals surface area contributed by atoms with Crippen molar-refractivity contribution in [2.24, 2.45) is 0 Å². The van der Waals surface area contributed by atoms with Gasteiger partial charge in [-0.1, -0.05) is 164 Å². The van der Waals surface area contributed by atoms with E-state index >= 15 is 0 Å². The summed E-state index contributed by atoms with van der Waals surface area (Å²) >= 11 is 0. The molecular weight excluding hydrogens is 603 g/mol. The van der Waals surface area contributed by atoms with Crippen molar-refractivity contribution < 1.29 is 0 Å². The van der Waals surface area contributed by atoms with Crippen LogP contribution in [0.4, 0.5) is 0 Å². The zero-order chi connectivity index (χ0) is 33.0. The van der Waals surface area contributed by atoms with Gasteiger partial charge in [0.2, 0.25) is 0 Å². The number of pyridine rings is 1. The van der Waals surface area contributed by atoms with Crippen molar-refractivity contribution in [3.63, 3.8) is 0 Å². The highest BCUT2D eigenvalue weighted by Crippen LogP contribution is 2.45. The molecule has 0 atom stereocenters. The van der Waals surface area contributed by atoms with E-state index in [1.165, 1.54) is 81.9 Å². The molecule has 0 fully saturated rings. The molecule has 0 amide bonds. The molecule has 0 aliphatic heterocycles. The molecule has 1 heteroatoms. The molecule has 0 saturated heterocycles. The molecular formula is C49H31N. The molecule has 1 heterocycles. The Bertz CT molecular complexity index is 2860. The summed E-state index contributed by atoms with van der Waals surface area (Å²) in [6.07, 6.45) is 0. The van der Waals surface area contributed by atoms with E-state index in [9.17, 15) is 0 Å². The second-order valence-corrected chi connectivity index (χ2v) is 13.1. The smallest absolute Gasteiger partial charge is 0.0722 e. The number of benzene rings is 9. The minimum absolute atomic E-state index is 0.976. The molecule has 0 aliphatic rings. The highest BCUT2D eigenvalue weighted by atomic mass is 14.7. The van der Waals surface area contributed by atoms with Crippen LogP contribution in [-0.2, 0) is 0 Å². The van der Waals surface area contributed by atoms with E-state index in [1.54, 1.807) is 0 Å². The van der Waals surface area contributed by atoms with Crippen LogP contribution in [0.1, 0.15) is 0 Å². The largest absolute Gasteiger partial charge is 0.248 e. The molecule has 0 unspecified atom stereocenters. The molecule has 10 aromatic rings. The fraction of sp³-hybridized carbons (Fsp3) is 0. The van der Waals surface area contributed by atoms with E-state index < -0.39 is 0 Å². The van der Waals surface area contributed by atoms with Crippen molar-refractivity contribution in [1.29, 1.82) is 0 Å². The zero-order valence-electron chi connectivity index (χ0n) is 27.3. The Morgan fingerprint density at radius 2 is 0.820 bits per heavy atom. The van der Waals surface area contributed by atoms with Crippen molar-refractivity contribution in [3.05, 3.63) is 188 Å². The van der Waals surface area contributed by atoms with Crippen LogP contribution in [0.15, 0.2) is 188 Å². The average molecular weight is 634 g/mol. The van der Waals surface area contributed by atoms with Gasteiger partial charge in [-0.05, 0) is 101 Å². The molecule has 0 saturated carbocycles. The fourth-order valence-corrected chi connectivity index (χ4v) is 7.93. The summed E-state index contributed by atoms with van der Waals surface area (Å²) in [6, 6.07) is 68.2. The van der Waals surface area contributed by atoms with Crippen LogP contribution in [0, 0.1) is 0 Å². The maximum absolute atomic E-state index is 5.20. The van der Waals surface area contributed by atoms with E-state index in [2.05, 4.69) is 188 Å². The van der Waals surface area contributed by atoms with E-state index in [1.807, 2.05) is 0 Å². The first kappa shape index (κ1) is 28.4. The molecule has 9 aromatic carbocycles. The predicted octanol–water partition coefficient (Wildman–Crippen LogP) is 13.5. The Balaban J connectivity index is 1.25. The summed E-state index contributed by atoms with van der Waals surface area (Å²) in [5.74, 6) is 0. The summed E-state index contributed by atoms with van der Waals surface area (Å²) in [5, 5.41) is 11.1. The summed E-state index contributed by atoms with van der Waals surface area (Å²) in [5.41, 5.74) is 10.4. The third kappa shape index (κ3) is 4.59. The first-order valence-electron chi connectivity index (χ1n) is 17.2. The number of hydrogen-bond donors (Lipinski definition) is 0. The van der Waals surface area contributed by atoms with Gasteiger partial charge in [-0.15, -0.1) is 0 Å². The van der Waals surface area contributed by atoms with Crippen LogP contribution in [-0.4, -0.2) is 4.98 Å². The highest BCUT2D eigenvalue weighted by molar-refractivity contribution is 6.22. The van der Waals surface area contributed by atoms with Crippen LogP contribution in [0.2, 0.25) is 0 Å². The number of fused-ring (bicyclic) bond motifs is 6. The lowest BCUT2D eigenvalue weighted by molar-refractivity contribution is 1.40. The van der Waals surface area contributed by atoms with Crippen molar-refractivity contribution in [3.8, 4) is 44.6 Å².